The van der Waals surface area contributed by atoms with Crippen LogP contribution in [-0.4, -0.2) is 42.3 Å². The maximum absolute atomic E-state index is 9.60. The fourth-order valence-corrected chi connectivity index (χ4v) is 3.77. The van der Waals surface area contributed by atoms with Gasteiger partial charge in [-0.1, -0.05) is 0 Å². The van der Waals surface area contributed by atoms with Crippen molar-refractivity contribution < 1.29 is 9.84 Å². The van der Waals surface area contributed by atoms with Crippen molar-refractivity contribution in [2.24, 2.45) is 5.92 Å². The van der Waals surface area contributed by atoms with Gasteiger partial charge in [0.2, 0.25) is 0 Å². The highest BCUT2D eigenvalue weighted by Crippen LogP contribution is 2.43. The van der Waals surface area contributed by atoms with Crippen LogP contribution in [0, 0.1) is 5.92 Å². The number of phenols is 1. The number of nitrogens with one attached hydrogen (secondary N) is 1. The Hall–Kier alpha value is -1.26. The summed E-state index contributed by atoms with van der Waals surface area (Å²) in [6.45, 7) is 4.23. The molecule has 4 heteroatoms. The second-order valence-electron chi connectivity index (χ2n) is 6.69. The summed E-state index contributed by atoms with van der Waals surface area (Å²) in [5.74, 6) is 1.93. The van der Waals surface area contributed by atoms with Crippen LogP contribution in [-0.2, 0) is 0 Å². The molecule has 2 atom stereocenters. The topological polar surface area (TPSA) is 44.7 Å². The Labute approximate surface area is 126 Å². The van der Waals surface area contributed by atoms with Crippen LogP contribution < -0.4 is 10.1 Å². The third kappa shape index (κ3) is 2.74. The SMILES string of the molecule is Oc1ccc2c(c1)OCC2N(CC1CCCNC1)C1CC1. The predicted octanol–water partition coefficient (Wildman–Crippen LogP) is 2.29. The van der Waals surface area contributed by atoms with Crippen molar-refractivity contribution in [1.82, 2.24) is 10.2 Å². The molecule has 21 heavy (non-hydrogen) atoms. The van der Waals surface area contributed by atoms with E-state index in [1.54, 1.807) is 12.1 Å². The zero-order valence-electron chi connectivity index (χ0n) is 12.4. The highest BCUT2D eigenvalue weighted by atomic mass is 16.5. The summed E-state index contributed by atoms with van der Waals surface area (Å²) in [5, 5.41) is 13.1. The van der Waals surface area contributed by atoms with Crippen LogP contribution in [0.5, 0.6) is 11.5 Å². The van der Waals surface area contributed by atoms with Gasteiger partial charge in [-0.2, -0.15) is 0 Å². The average molecular weight is 288 g/mol. The summed E-state index contributed by atoms with van der Waals surface area (Å²) in [5.41, 5.74) is 1.25. The van der Waals surface area contributed by atoms with Gasteiger partial charge in [-0.15, -0.1) is 0 Å². The minimum Gasteiger partial charge on any atom is -0.508 e. The van der Waals surface area contributed by atoms with E-state index in [2.05, 4.69) is 10.2 Å². The highest BCUT2D eigenvalue weighted by molar-refractivity contribution is 5.44. The maximum atomic E-state index is 9.60. The molecule has 1 saturated heterocycles. The number of rotatable bonds is 4. The molecule has 1 aromatic rings. The van der Waals surface area contributed by atoms with Gasteiger partial charge in [-0.25, -0.2) is 0 Å². The molecule has 0 amide bonds. The van der Waals surface area contributed by atoms with E-state index in [0.29, 0.717) is 11.8 Å². The van der Waals surface area contributed by atoms with Crippen LogP contribution in [0.3, 0.4) is 0 Å². The number of hydrogen-bond acceptors (Lipinski definition) is 4. The molecular weight excluding hydrogens is 264 g/mol. The van der Waals surface area contributed by atoms with E-state index in [-0.39, 0.29) is 0 Å². The molecule has 3 aliphatic rings. The van der Waals surface area contributed by atoms with E-state index in [9.17, 15) is 5.11 Å². The first-order valence-corrected chi connectivity index (χ1v) is 8.23. The average Bonchev–Trinajstić information content (AvgIpc) is 3.26. The molecule has 1 aromatic carbocycles. The van der Waals surface area contributed by atoms with Gasteiger partial charge in [0.15, 0.2) is 0 Å². The molecule has 0 aromatic heterocycles. The second kappa shape index (κ2) is 5.50. The van der Waals surface area contributed by atoms with Crippen molar-refractivity contribution in [3.63, 3.8) is 0 Å². The van der Waals surface area contributed by atoms with E-state index >= 15 is 0 Å². The van der Waals surface area contributed by atoms with Gasteiger partial charge in [-0.05, 0) is 56.8 Å². The van der Waals surface area contributed by atoms with Crippen LogP contribution in [0.1, 0.15) is 37.3 Å². The van der Waals surface area contributed by atoms with Crippen LogP contribution >= 0.6 is 0 Å². The van der Waals surface area contributed by atoms with Gasteiger partial charge in [0, 0.05) is 24.2 Å². The normalized spacial score (nSPS) is 28.4. The van der Waals surface area contributed by atoms with Gasteiger partial charge in [0.05, 0.1) is 6.04 Å². The molecule has 2 unspecified atom stereocenters. The summed E-state index contributed by atoms with van der Waals surface area (Å²) in [6, 6.07) is 6.68. The van der Waals surface area contributed by atoms with E-state index in [0.717, 1.165) is 30.9 Å². The van der Waals surface area contributed by atoms with E-state index < -0.39 is 0 Å². The minimum absolute atomic E-state index is 0.295. The molecular formula is C17H24N2O2. The summed E-state index contributed by atoms with van der Waals surface area (Å²) in [4.78, 5) is 2.67. The number of hydrogen-bond donors (Lipinski definition) is 2. The summed E-state index contributed by atoms with van der Waals surface area (Å²) < 4.78 is 5.82. The van der Waals surface area contributed by atoms with E-state index in [1.807, 2.05) is 6.07 Å². The van der Waals surface area contributed by atoms with Crippen LogP contribution in [0.2, 0.25) is 0 Å². The number of benzene rings is 1. The lowest BCUT2D eigenvalue weighted by Gasteiger charge is -2.33. The zero-order valence-corrected chi connectivity index (χ0v) is 12.4. The van der Waals surface area contributed by atoms with Crippen molar-refractivity contribution in [1.29, 1.82) is 0 Å². The molecule has 2 fully saturated rings. The largest absolute Gasteiger partial charge is 0.508 e. The first-order chi connectivity index (χ1) is 10.3. The van der Waals surface area contributed by atoms with Crippen LogP contribution in [0.25, 0.3) is 0 Å². The monoisotopic (exact) mass is 288 g/mol. The molecule has 4 rings (SSSR count). The number of nitrogens with zero attached hydrogens (tertiary/aromatic N) is 1. The minimum atomic E-state index is 0.295. The Balaban J connectivity index is 1.52. The van der Waals surface area contributed by atoms with Gasteiger partial charge < -0.3 is 15.2 Å². The number of piperidine rings is 1. The second-order valence-corrected chi connectivity index (χ2v) is 6.69. The lowest BCUT2D eigenvalue weighted by atomic mass is 9.97. The number of ether oxygens (including phenoxy) is 1. The Morgan fingerprint density at radius 1 is 1.29 bits per heavy atom. The van der Waals surface area contributed by atoms with E-state index in [1.165, 1.54) is 44.3 Å². The molecule has 4 nitrogen and oxygen atoms in total. The van der Waals surface area contributed by atoms with Gasteiger partial charge >= 0.3 is 0 Å². The number of phenolic OH excluding ortho intramolecular Hbond substituents is 1. The molecule has 0 bridgehead atoms. The summed E-state index contributed by atoms with van der Waals surface area (Å²) in [6.07, 6.45) is 5.29. The lowest BCUT2D eigenvalue weighted by molar-refractivity contribution is 0.123. The van der Waals surface area contributed by atoms with Gasteiger partial charge in [0.25, 0.3) is 0 Å². The highest BCUT2D eigenvalue weighted by Gasteiger charge is 2.39. The van der Waals surface area contributed by atoms with Crippen molar-refractivity contribution in [2.45, 2.75) is 37.8 Å². The Kier molecular flexibility index (Phi) is 3.51. The molecule has 1 aliphatic carbocycles. The fourth-order valence-electron chi connectivity index (χ4n) is 3.77. The molecule has 114 valence electrons. The third-order valence-corrected chi connectivity index (χ3v) is 5.04. The maximum Gasteiger partial charge on any atom is 0.127 e. The molecule has 2 heterocycles. The van der Waals surface area contributed by atoms with Crippen molar-refractivity contribution in [2.75, 3.05) is 26.2 Å². The summed E-state index contributed by atoms with van der Waals surface area (Å²) in [7, 11) is 0. The number of fused-ring (bicyclic) bond motifs is 1. The van der Waals surface area contributed by atoms with Gasteiger partial charge in [0.1, 0.15) is 18.1 Å². The molecule has 0 spiro atoms. The van der Waals surface area contributed by atoms with Crippen molar-refractivity contribution in [3.8, 4) is 11.5 Å². The van der Waals surface area contributed by atoms with Gasteiger partial charge in [-0.3, -0.25) is 4.90 Å². The fraction of sp³-hybridized carbons (Fsp3) is 0.647. The standard InChI is InChI=1S/C17H24N2O2/c20-14-5-6-15-16(11-21-17(15)8-14)19(13-3-4-13)10-12-2-1-7-18-9-12/h5-6,8,12-13,16,18,20H,1-4,7,9-11H2. The van der Waals surface area contributed by atoms with Crippen molar-refractivity contribution in [3.05, 3.63) is 23.8 Å². The predicted molar refractivity (Wildman–Crippen MR) is 81.7 cm³/mol. The Bertz CT molecular complexity index is 510. The van der Waals surface area contributed by atoms with E-state index in [4.69, 9.17) is 4.74 Å². The summed E-state index contributed by atoms with van der Waals surface area (Å²) >= 11 is 0. The van der Waals surface area contributed by atoms with Crippen molar-refractivity contribution >= 4 is 0 Å². The molecule has 1 saturated carbocycles. The third-order valence-electron chi connectivity index (χ3n) is 5.04. The van der Waals surface area contributed by atoms with Crippen LogP contribution in [0.4, 0.5) is 0 Å². The van der Waals surface area contributed by atoms with Crippen LogP contribution in [0.15, 0.2) is 18.2 Å². The first-order valence-electron chi connectivity index (χ1n) is 8.23. The lowest BCUT2D eigenvalue weighted by Crippen LogP contribution is -2.41. The molecule has 2 N–H and O–H groups in total. The zero-order chi connectivity index (χ0) is 14.2. The Morgan fingerprint density at radius 3 is 2.95 bits per heavy atom. The smallest absolute Gasteiger partial charge is 0.127 e. The molecule has 2 aliphatic heterocycles. The first kappa shape index (κ1) is 13.4. The Morgan fingerprint density at radius 2 is 2.19 bits per heavy atom. The quantitative estimate of drug-likeness (QED) is 0.892. The molecule has 0 radical (unpaired) electrons. The number of aromatic hydroxyl groups is 1.